The molecule has 0 spiro atoms. The van der Waals surface area contributed by atoms with Gasteiger partial charge in [-0.2, -0.15) is 4.98 Å². The molecule has 0 bridgehead atoms. The number of rotatable bonds is 3. The third-order valence-electron chi connectivity index (χ3n) is 3.64. The van der Waals surface area contributed by atoms with Gasteiger partial charge in [0.05, 0.1) is 17.7 Å². The second-order valence-electron chi connectivity index (χ2n) is 5.44. The Morgan fingerprint density at radius 1 is 1.35 bits per heavy atom. The molecule has 134 valence electrons. The van der Waals surface area contributed by atoms with Gasteiger partial charge in [0.2, 0.25) is 11.8 Å². The highest BCUT2D eigenvalue weighted by Gasteiger charge is 2.31. The molecule has 0 saturated carbocycles. The molecular formula is C16H14N4O6. The monoisotopic (exact) mass is 358 g/mol. The highest BCUT2D eigenvalue weighted by Crippen LogP contribution is 2.32. The molecule has 10 heteroatoms. The van der Waals surface area contributed by atoms with Crippen LogP contribution in [-0.2, 0) is 4.79 Å². The van der Waals surface area contributed by atoms with Crippen molar-refractivity contribution in [1.29, 1.82) is 0 Å². The van der Waals surface area contributed by atoms with Gasteiger partial charge >= 0.3 is 6.09 Å². The molecule has 0 aliphatic carbocycles. The lowest BCUT2D eigenvalue weighted by Crippen LogP contribution is -2.44. The van der Waals surface area contributed by atoms with Crippen molar-refractivity contribution < 1.29 is 24.0 Å². The topological polar surface area (TPSA) is 124 Å². The maximum Gasteiger partial charge on any atom is 0.421 e. The van der Waals surface area contributed by atoms with Crippen LogP contribution >= 0.6 is 0 Å². The number of aryl methyl sites for hydroxylation is 1. The van der Waals surface area contributed by atoms with Crippen LogP contribution in [0.4, 0.5) is 22.0 Å². The van der Waals surface area contributed by atoms with Crippen molar-refractivity contribution in [2.45, 2.75) is 6.92 Å². The Balaban J connectivity index is 1.88. The lowest BCUT2D eigenvalue weighted by atomic mass is 10.2. The van der Waals surface area contributed by atoms with Crippen molar-refractivity contribution in [2.75, 3.05) is 23.9 Å². The highest BCUT2D eigenvalue weighted by molar-refractivity contribution is 6.07. The summed E-state index contributed by atoms with van der Waals surface area (Å²) in [6.45, 7) is 1.48. The molecule has 2 heterocycles. The Morgan fingerprint density at radius 3 is 2.65 bits per heavy atom. The predicted octanol–water partition coefficient (Wildman–Crippen LogP) is 2.26. The smallest absolute Gasteiger partial charge is 0.421 e. The normalized spacial score (nSPS) is 12.8. The van der Waals surface area contributed by atoms with E-state index < -0.39 is 16.9 Å². The number of nitrogens with one attached hydrogen (secondary N) is 1. The first-order valence-electron chi connectivity index (χ1n) is 7.48. The zero-order valence-electron chi connectivity index (χ0n) is 13.9. The maximum atomic E-state index is 12.5. The molecule has 2 aromatic rings. The molecule has 0 fully saturated rings. The number of amides is 2. The SMILES string of the molecule is COc1nc2c(cc1C)NC(=O)CN2C(=O)Oc1ccc([N+](=O)[O-])cc1. The fraction of sp³-hybridized carbons (Fsp3) is 0.188. The lowest BCUT2D eigenvalue weighted by Gasteiger charge is -2.27. The molecule has 0 radical (unpaired) electrons. The number of nitro benzene ring substituents is 1. The van der Waals surface area contributed by atoms with Crippen molar-refractivity contribution in [2.24, 2.45) is 0 Å². The van der Waals surface area contributed by atoms with E-state index in [0.717, 1.165) is 4.90 Å². The Labute approximate surface area is 147 Å². The van der Waals surface area contributed by atoms with E-state index in [4.69, 9.17) is 9.47 Å². The van der Waals surface area contributed by atoms with Crippen molar-refractivity contribution in [3.63, 3.8) is 0 Å². The average Bonchev–Trinajstić information content (AvgIpc) is 2.60. The maximum absolute atomic E-state index is 12.5. The summed E-state index contributed by atoms with van der Waals surface area (Å²) in [5.41, 5.74) is 0.923. The second-order valence-corrected chi connectivity index (χ2v) is 5.44. The minimum Gasteiger partial charge on any atom is -0.481 e. The summed E-state index contributed by atoms with van der Waals surface area (Å²) in [7, 11) is 1.45. The quantitative estimate of drug-likeness (QED) is 0.659. The Kier molecular flexibility index (Phi) is 4.40. The number of hydrogen-bond donors (Lipinski definition) is 1. The first kappa shape index (κ1) is 17.1. The van der Waals surface area contributed by atoms with E-state index >= 15 is 0 Å². The standard InChI is InChI=1S/C16H14N4O6/c1-9-7-12-14(18-15(9)25-2)19(8-13(21)17-12)16(22)26-11-5-3-10(4-6-11)20(23)24/h3-7H,8H2,1-2H3,(H,17,21). The molecular weight excluding hydrogens is 344 g/mol. The van der Waals surface area contributed by atoms with Crippen LogP contribution in [0.2, 0.25) is 0 Å². The molecule has 1 aliphatic heterocycles. The fourth-order valence-corrected chi connectivity index (χ4v) is 2.44. The molecule has 2 amide bonds. The molecule has 0 unspecified atom stereocenters. The van der Waals surface area contributed by atoms with E-state index in [1.807, 2.05) is 0 Å². The Morgan fingerprint density at radius 2 is 2.04 bits per heavy atom. The van der Waals surface area contributed by atoms with Gasteiger partial charge in [0.15, 0.2) is 5.82 Å². The molecule has 1 aromatic heterocycles. The van der Waals surface area contributed by atoms with Gasteiger partial charge in [-0.25, -0.2) is 9.69 Å². The summed E-state index contributed by atoms with van der Waals surface area (Å²) in [6, 6.07) is 6.66. The van der Waals surface area contributed by atoms with E-state index in [0.29, 0.717) is 17.1 Å². The molecule has 26 heavy (non-hydrogen) atoms. The number of non-ortho nitro benzene ring substituents is 1. The fourth-order valence-electron chi connectivity index (χ4n) is 2.44. The molecule has 1 aliphatic rings. The number of pyridine rings is 1. The molecule has 1 aromatic carbocycles. The number of nitrogens with zero attached hydrogens (tertiary/aromatic N) is 3. The first-order chi connectivity index (χ1) is 12.4. The number of aromatic nitrogens is 1. The third kappa shape index (κ3) is 3.24. The highest BCUT2D eigenvalue weighted by atomic mass is 16.6. The minimum absolute atomic E-state index is 0.104. The summed E-state index contributed by atoms with van der Waals surface area (Å²) < 4.78 is 10.4. The molecule has 10 nitrogen and oxygen atoms in total. The van der Waals surface area contributed by atoms with Gasteiger partial charge in [-0.15, -0.1) is 0 Å². The summed E-state index contributed by atoms with van der Waals surface area (Å²) in [5, 5.41) is 13.3. The van der Waals surface area contributed by atoms with Gasteiger partial charge < -0.3 is 14.8 Å². The van der Waals surface area contributed by atoms with Crippen LogP contribution in [0.3, 0.4) is 0 Å². The predicted molar refractivity (Wildman–Crippen MR) is 90.6 cm³/mol. The molecule has 1 N–H and O–H groups in total. The van der Waals surface area contributed by atoms with E-state index in [1.54, 1.807) is 13.0 Å². The van der Waals surface area contributed by atoms with E-state index in [2.05, 4.69) is 10.3 Å². The van der Waals surface area contributed by atoms with Gasteiger partial charge in [-0.05, 0) is 25.1 Å². The number of carbonyl (C=O) groups is 2. The number of anilines is 2. The lowest BCUT2D eigenvalue weighted by molar-refractivity contribution is -0.384. The van der Waals surface area contributed by atoms with Crippen LogP contribution < -0.4 is 19.7 Å². The van der Waals surface area contributed by atoms with Crippen molar-refractivity contribution in [3.8, 4) is 11.6 Å². The number of nitro groups is 1. The summed E-state index contributed by atoms with van der Waals surface area (Å²) in [4.78, 5) is 39.8. The zero-order valence-corrected chi connectivity index (χ0v) is 13.9. The number of methoxy groups -OCH3 is 1. The Hall–Kier alpha value is -3.69. The van der Waals surface area contributed by atoms with Crippen LogP contribution in [0, 0.1) is 17.0 Å². The third-order valence-corrected chi connectivity index (χ3v) is 3.64. The number of benzene rings is 1. The zero-order chi connectivity index (χ0) is 18.8. The number of fused-ring (bicyclic) bond motifs is 1. The van der Waals surface area contributed by atoms with E-state index in [9.17, 15) is 19.7 Å². The van der Waals surface area contributed by atoms with Crippen LogP contribution in [-0.4, -0.2) is 35.6 Å². The second kappa shape index (κ2) is 6.67. The number of ether oxygens (including phenoxy) is 2. The van der Waals surface area contributed by atoms with Gasteiger partial charge in [-0.1, -0.05) is 0 Å². The first-order valence-corrected chi connectivity index (χ1v) is 7.48. The van der Waals surface area contributed by atoms with Gasteiger partial charge in [0, 0.05) is 17.7 Å². The van der Waals surface area contributed by atoms with Gasteiger partial charge in [-0.3, -0.25) is 14.9 Å². The van der Waals surface area contributed by atoms with Crippen LogP contribution in [0.1, 0.15) is 5.56 Å². The summed E-state index contributed by atoms with van der Waals surface area (Å²) >= 11 is 0. The van der Waals surface area contributed by atoms with Crippen LogP contribution in [0.5, 0.6) is 11.6 Å². The van der Waals surface area contributed by atoms with Gasteiger partial charge in [0.25, 0.3) is 5.69 Å². The van der Waals surface area contributed by atoms with Crippen molar-refractivity contribution in [1.82, 2.24) is 4.98 Å². The average molecular weight is 358 g/mol. The van der Waals surface area contributed by atoms with Gasteiger partial charge in [0.1, 0.15) is 12.3 Å². The van der Waals surface area contributed by atoms with Crippen molar-refractivity contribution >= 4 is 29.2 Å². The van der Waals surface area contributed by atoms with E-state index in [-0.39, 0.29) is 23.8 Å². The van der Waals surface area contributed by atoms with Crippen molar-refractivity contribution in [3.05, 3.63) is 46.0 Å². The molecule has 3 rings (SSSR count). The molecule has 0 saturated heterocycles. The number of hydrogen-bond acceptors (Lipinski definition) is 7. The Bertz CT molecular complexity index is 896. The van der Waals surface area contributed by atoms with Crippen LogP contribution in [0.15, 0.2) is 30.3 Å². The number of carbonyl (C=O) groups excluding carboxylic acids is 2. The molecule has 0 atom stereocenters. The summed E-state index contributed by atoms with van der Waals surface area (Å²) in [6.07, 6.45) is -0.839. The van der Waals surface area contributed by atoms with E-state index in [1.165, 1.54) is 31.4 Å². The van der Waals surface area contributed by atoms with Crippen LogP contribution in [0.25, 0.3) is 0 Å². The largest absolute Gasteiger partial charge is 0.481 e. The summed E-state index contributed by atoms with van der Waals surface area (Å²) in [5.74, 6) is 0.212. The minimum atomic E-state index is -0.839.